The summed E-state index contributed by atoms with van der Waals surface area (Å²) < 4.78 is 0. The highest BCUT2D eigenvalue weighted by atomic mass is 15.2. The third-order valence-corrected chi connectivity index (χ3v) is 2.59. The Kier molecular flexibility index (Phi) is 3.54. The van der Waals surface area contributed by atoms with Crippen LogP contribution in [0.5, 0.6) is 0 Å². The van der Waals surface area contributed by atoms with Gasteiger partial charge in [-0.3, -0.25) is 0 Å². The van der Waals surface area contributed by atoms with E-state index < -0.39 is 0 Å². The minimum absolute atomic E-state index is 0.400. The molecule has 0 atom stereocenters. The molecule has 2 aromatic rings. The van der Waals surface area contributed by atoms with Gasteiger partial charge in [0.25, 0.3) is 0 Å². The molecule has 0 aliphatic heterocycles. The van der Waals surface area contributed by atoms with Crippen molar-refractivity contribution in [3.05, 3.63) is 53.5 Å². The second kappa shape index (κ2) is 5.28. The second-order valence-corrected chi connectivity index (χ2v) is 4.11. The average Bonchev–Trinajstić information content (AvgIpc) is 2.39. The number of aromatic nitrogens is 2. The molecule has 0 saturated carbocycles. The molecule has 4 heteroatoms. The lowest BCUT2D eigenvalue weighted by Gasteiger charge is -2.18. The van der Waals surface area contributed by atoms with E-state index in [4.69, 9.17) is 5.26 Å². The molecule has 4 nitrogen and oxygen atoms in total. The van der Waals surface area contributed by atoms with Crippen LogP contribution in [-0.2, 0) is 6.54 Å². The first kappa shape index (κ1) is 12.1. The molecule has 0 spiro atoms. The van der Waals surface area contributed by atoms with Gasteiger partial charge in [0.05, 0.1) is 0 Å². The summed E-state index contributed by atoms with van der Waals surface area (Å²) in [6.07, 6.45) is 0. The van der Waals surface area contributed by atoms with Gasteiger partial charge in [-0.15, -0.1) is 0 Å². The van der Waals surface area contributed by atoms with Crippen LogP contribution in [0.15, 0.2) is 36.4 Å². The molecule has 0 N–H and O–H groups in total. The van der Waals surface area contributed by atoms with Gasteiger partial charge in [0.1, 0.15) is 23.4 Å². The Morgan fingerprint density at radius 1 is 1.22 bits per heavy atom. The van der Waals surface area contributed by atoms with Crippen molar-refractivity contribution in [1.82, 2.24) is 9.97 Å². The van der Waals surface area contributed by atoms with Gasteiger partial charge in [-0.25, -0.2) is 9.97 Å². The molecular weight excluding hydrogens is 224 g/mol. The van der Waals surface area contributed by atoms with Crippen molar-refractivity contribution in [1.29, 1.82) is 5.26 Å². The molecular formula is C14H14N4. The van der Waals surface area contributed by atoms with Crippen LogP contribution < -0.4 is 4.90 Å². The monoisotopic (exact) mass is 238 g/mol. The molecule has 1 heterocycles. The molecule has 1 aromatic heterocycles. The Morgan fingerprint density at radius 2 is 1.94 bits per heavy atom. The molecule has 0 saturated heterocycles. The Balaban J connectivity index is 2.21. The number of benzene rings is 1. The van der Waals surface area contributed by atoms with Crippen molar-refractivity contribution in [2.75, 3.05) is 11.9 Å². The van der Waals surface area contributed by atoms with E-state index in [0.29, 0.717) is 11.5 Å². The van der Waals surface area contributed by atoms with E-state index in [2.05, 4.69) is 22.1 Å². The number of hydrogen-bond donors (Lipinski definition) is 0. The van der Waals surface area contributed by atoms with Crippen LogP contribution in [0.25, 0.3) is 0 Å². The van der Waals surface area contributed by atoms with Gasteiger partial charge in [-0.1, -0.05) is 30.3 Å². The third-order valence-electron chi connectivity index (χ3n) is 2.59. The van der Waals surface area contributed by atoms with E-state index in [1.165, 1.54) is 5.56 Å². The quantitative estimate of drug-likeness (QED) is 0.823. The van der Waals surface area contributed by atoms with Gasteiger partial charge in [-0.2, -0.15) is 5.26 Å². The predicted molar refractivity (Wildman–Crippen MR) is 70.0 cm³/mol. The predicted octanol–water partition coefficient (Wildman–Crippen LogP) is 2.29. The molecule has 0 radical (unpaired) electrons. The van der Waals surface area contributed by atoms with Crippen molar-refractivity contribution in [2.45, 2.75) is 13.5 Å². The normalized spacial score (nSPS) is 9.83. The lowest BCUT2D eigenvalue weighted by atomic mass is 10.2. The summed E-state index contributed by atoms with van der Waals surface area (Å²) in [7, 11) is 1.95. The fraction of sp³-hybridized carbons (Fsp3) is 0.214. The molecule has 18 heavy (non-hydrogen) atoms. The maximum Gasteiger partial charge on any atom is 0.146 e. The summed E-state index contributed by atoms with van der Waals surface area (Å²) in [6.45, 7) is 2.54. The minimum atomic E-state index is 0.400. The van der Waals surface area contributed by atoms with Crippen molar-refractivity contribution >= 4 is 5.82 Å². The first-order chi connectivity index (χ1) is 8.69. The summed E-state index contributed by atoms with van der Waals surface area (Å²) in [5.41, 5.74) is 1.60. The number of nitriles is 1. The van der Waals surface area contributed by atoms with Crippen LogP contribution in [0.1, 0.15) is 17.1 Å². The van der Waals surface area contributed by atoms with Crippen molar-refractivity contribution in [3.8, 4) is 6.07 Å². The van der Waals surface area contributed by atoms with Crippen LogP contribution in [0, 0.1) is 18.3 Å². The lowest BCUT2D eigenvalue weighted by molar-refractivity contribution is 0.876. The van der Waals surface area contributed by atoms with Gasteiger partial charge in [-0.05, 0) is 12.5 Å². The molecule has 0 aliphatic carbocycles. The molecule has 0 amide bonds. The average molecular weight is 238 g/mol. The summed E-state index contributed by atoms with van der Waals surface area (Å²) in [5, 5.41) is 8.90. The second-order valence-electron chi connectivity index (χ2n) is 4.11. The Hall–Kier alpha value is -2.41. The van der Waals surface area contributed by atoms with Crippen molar-refractivity contribution < 1.29 is 0 Å². The molecule has 1 aromatic carbocycles. The summed E-state index contributed by atoms with van der Waals surface area (Å²) in [4.78, 5) is 10.4. The zero-order valence-corrected chi connectivity index (χ0v) is 10.5. The van der Waals surface area contributed by atoms with Crippen LogP contribution >= 0.6 is 0 Å². The van der Waals surface area contributed by atoms with Crippen LogP contribution in [0.2, 0.25) is 0 Å². The molecule has 90 valence electrons. The molecule has 2 rings (SSSR count). The Bertz CT molecular complexity index is 572. The largest absolute Gasteiger partial charge is 0.355 e. The Labute approximate surface area is 107 Å². The SMILES string of the molecule is Cc1nc(C#N)cc(N(C)Cc2ccccc2)n1. The molecule has 0 unspecified atom stereocenters. The van der Waals surface area contributed by atoms with Gasteiger partial charge < -0.3 is 4.90 Å². The maximum absolute atomic E-state index is 8.90. The fourth-order valence-electron chi connectivity index (χ4n) is 1.74. The lowest BCUT2D eigenvalue weighted by Crippen LogP contribution is -2.18. The van der Waals surface area contributed by atoms with Gasteiger partial charge in [0.2, 0.25) is 0 Å². The van der Waals surface area contributed by atoms with Gasteiger partial charge in [0, 0.05) is 19.7 Å². The summed E-state index contributed by atoms with van der Waals surface area (Å²) >= 11 is 0. The van der Waals surface area contributed by atoms with E-state index in [1.54, 1.807) is 13.0 Å². The minimum Gasteiger partial charge on any atom is -0.355 e. The number of hydrogen-bond acceptors (Lipinski definition) is 4. The van der Waals surface area contributed by atoms with Crippen LogP contribution in [-0.4, -0.2) is 17.0 Å². The Morgan fingerprint density at radius 3 is 2.61 bits per heavy atom. The van der Waals surface area contributed by atoms with Crippen LogP contribution in [0.3, 0.4) is 0 Å². The fourth-order valence-corrected chi connectivity index (χ4v) is 1.74. The summed E-state index contributed by atoms with van der Waals surface area (Å²) in [5.74, 6) is 1.38. The van der Waals surface area contributed by atoms with E-state index in [0.717, 1.165) is 12.4 Å². The molecule has 0 bridgehead atoms. The zero-order valence-electron chi connectivity index (χ0n) is 10.5. The first-order valence-corrected chi connectivity index (χ1v) is 5.70. The van der Waals surface area contributed by atoms with Crippen LogP contribution in [0.4, 0.5) is 5.82 Å². The maximum atomic E-state index is 8.90. The highest BCUT2D eigenvalue weighted by molar-refractivity contribution is 5.42. The first-order valence-electron chi connectivity index (χ1n) is 5.70. The summed E-state index contributed by atoms with van der Waals surface area (Å²) in [6, 6.07) is 13.9. The van der Waals surface area contributed by atoms with Gasteiger partial charge >= 0.3 is 0 Å². The number of aryl methyl sites for hydroxylation is 1. The highest BCUT2D eigenvalue weighted by Crippen LogP contribution is 2.13. The van der Waals surface area contributed by atoms with E-state index in [9.17, 15) is 0 Å². The zero-order chi connectivity index (χ0) is 13.0. The van der Waals surface area contributed by atoms with E-state index in [1.807, 2.05) is 36.2 Å². The number of rotatable bonds is 3. The molecule has 0 fully saturated rings. The molecule has 0 aliphatic rings. The van der Waals surface area contributed by atoms with E-state index in [-0.39, 0.29) is 0 Å². The number of anilines is 1. The van der Waals surface area contributed by atoms with Gasteiger partial charge in [0.15, 0.2) is 0 Å². The van der Waals surface area contributed by atoms with Crippen molar-refractivity contribution in [3.63, 3.8) is 0 Å². The third kappa shape index (κ3) is 2.83. The topological polar surface area (TPSA) is 52.8 Å². The van der Waals surface area contributed by atoms with Crippen molar-refractivity contribution in [2.24, 2.45) is 0 Å². The van der Waals surface area contributed by atoms with E-state index >= 15 is 0 Å². The smallest absolute Gasteiger partial charge is 0.146 e. The number of nitrogens with zero attached hydrogens (tertiary/aromatic N) is 4. The highest BCUT2D eigenvalue weighted by Gasteiger charge is 2.06. The standard InChI is InChI=1S/C14H14N4/c1-11-16-13(9-15)8-14(17-11)18(2)10-12-6-4-3-5-7-12/h3-8H,10H2,1-2H3.